The molecule has 0 fully saturated rings. The first-order valence-electron chi connectivity index (χ1n) is 8.29. The Hall–Kier alpha value is -1.49. The second-order valence-corrected chi connectivity index (χ2v) is 6.05. The Labute approximate surface area is 134 Å². The zero-order chi connectivity index (χ0) is 16.5. The number of hydrogen-bond donors (Lipinski definition) is 1. The van der Waals surface area contributed by atoms with E-state index in [0.29, 0.717) is 5.92 Å². The summed E-state index contributed by atoms with van der Waals surface area (Å²) >= 11 is 0. The van der Waals surface area contributed by atoms with Gasteiger partial charge in [0.1, 0.15) is 5.76 Å². The molecular weight excluding hydrogens is 278 g/mol. The van der Waals surface area contributed by atoms with Crippen LogP contribution in [-0.2, 0) is 0 Å². The second-order valence-electron chi connectivity index (χ2n) is 6.05. The number of carbonyl (C=O) groups excluding carboxylic acids is 1. The Balaban J connectivity index is 2.59. The number of amides is 2. The molecule has 0 aromatic carbocycles. The minimum absolute atomic E-state index is 0.0234. The highest BCUT2D eigenvalue weighted by Gasteiger charge is 2.19. The molecule has 1 N–H and O–H groups in total. The van der Waals surface area contributed by atoms with Crippen molar-refractivity contribution in [2.45, 2.75) is 40.7 Å². The van der Waals surface area contributed by atoms with Gasteiger partial charge in [0.15, 0.2) is 0 Å². The van der Waals surface area contributed by atoms with E-state index in [-0.39, 0.29) is 12.1 Å². The van der Waals surface area contributed by atoms with Crippen molar-refractivity contribution in [3.8, 4) is 0 Å². The molecule has 0 aliphatic carbocycles. The molecule has 5 nitrogen and oxygen atoms in total. The maximum Gasteiger partial charge on any atom is 0.318 e. The summed E-state index contributed by atoms with van der Waals surface area (Å²) in [4.78, 5) is 16.8. The van der Waals surface area contributed by atoms with Crippen LogP contribution in [0.5, 0.6) is 0 Å². The zero-order valence-corrected chi connectivity index (χ0v) is 14.6. The summed E-state index contributed by atoms with van der Waals surface area (Å²) in [6.45, 7) is 14.9. The van der Waals surface area contributed by atoms with Crippen molar-refractivity contribution < 1.29 is 9.21 Å². The van der Waals surface area contributed by atoms with E-state index in [9.17, 15) is 4.79 Å². The molecule has 0 radical (unpaired) electrons. The number of urea groups is 1. The lowest BCUT2D eigenvalue weighted by molar-refractivity contribution is 0.174. The molecule has 0 spiro atoms. The minimum Gasteiger partial charge on any atom is -0.467 e. The van der Waals surface area contributed by atoms with Crippen molar-refractivity contribution in [3.05, 3.63) is 24.2 Å². The minimum atomic E-state index is -0.120. The standard InChI is InChI=1S/C17H31N3O2/c1-6-19(7-2)10-11-20(13-14(3)4)17(21)18-15(5)16-9-8-12-22-16/h8-9,12,14-15H,6-7,10-11,13H2,1-5H3,(H,18,21). The number of likely N-dealkylation sites (N-methyl/N-ethyl adjacent to an activating group) is 1. The van der Waals surface area contributed by atoms with Gasteiger partial charge in [0.05, 0.1) is 12.3 Å². The third kappa shape index (κ3) is 6.10. The summed E-state index contributed by atoms with van der Waals surface area (Å²) in [5.41, 5.74) is 0. The monoisotopic (exact) mass is 309 g/mol. The molecule has 1 heterocycles. The lowest BCUT2D eigenvalue weighted by Gasteiger charge is -2.29. The number of rotatable bonds is 9. The van der Waals surface area contributed by atoms with Crippen LogP contribution in [0.25, 0.3) is 0 Å². The quantitative estimate of drug-likeness (QED) is 0.761. The molecule has 1 aromatic rings. The van der Waals surface area contributed by atoms with Crippen molar-refractivity contribution in [2.75, 3.05) is 32.7 Å². The van der Waals surface area contributed by atoms with Crippen molar-refractivity contribution in [1.29, 1.82) is 0 Å². The summed E-state index contributed by atoms with van der Waals surface area (Å²) in [6.07, 6.45) is 1.63. The maximum atomic E-state index is 12.5. The zero-order valence-electron chi connectivity index (χ0n) is 14.6. The number of carbonyl (C=O) groups is 1. The largest absolute Gasteiger partial charge is 0.467 e. The fourth-order valence-electron chi connectivity index (χ4n) is 2.40. The van der Waals surface area contributed by atoms with E-state index in [2.05, 4.69) is 37.9 Å². The van der Waals surface area contributed by atoms with Crippen molar-refractivity contribution >= 4 is 6.03 Å². The van der Waals surface area contributed by atoms with Crippen LogP contribution in [0, 0.1) is 5.92 Å². The fraction of sp³-hybridized carbons (Fsp3) is 0.706. The second kappa shape index (κ2) is 9.51. The summed E-state index contributed by atoms with van der Waals surface area (Å²) in [5, 5.41) is 3.02. The van der Waals surface area contributed by atoms with Crippen molar-refractivity contribution in [3.63, 3.8) is 0 Å². The van der Waals surface area contributed by atoms with Crippen molar-refractivity contribution in [2.24, 2.45) is 5.92 Å². The predicted molar refractivity (Wildman–Crippen MR) is 89.9 cm³/mol. The smallest absolute Gasteiger partial charge is 0.318 e. The Bertz CT molecular complexity index is 414. The molecule has 0 saturated heterocycles. The van der Waals surface area contributed by atoms with E-state index in [1.54, 1.807) is 6.26 Å². The number of nitrogens with zero attached hydrogens (tertiary/aromatic N) is 2. The fourth-order valence-corrected chi connectivity index (χ4v) is 2.40. The highest BCUT2D eigenvalue weighted by atomic mass is 16.3. The van der Waals surface area contributed by atoms with E-state index in [0.717, 1.165) is 38.5 Å². The molecule has 0 bridgehead atoms. The van der Waals surface area contributed by atoms with Crippen LogP contribution in [0.2, 0.25) is 0 Å². The van der Waals surface area contributed by atoms with Gasteiger partial charge in [0.25, 0.3) is 0 Å². The van der Waals surface area contributed by atoms with Crippen LogP contribution in [0.3, 0.4) is 0 Å². The van der Waals surface area contributed by atoms with Crippen LogP contribution >= 0.6 is 0 Å². The molecule has 0 aliphatic heterocycles. The molecule has 1 rings (SSSR count). The highest BCUT2D eigenvalue weighted by Crippen LogP contribution is 2.13. The molecule has 2 amide bonds. The normalized spacial score (nSPS) is 12.7. The van der Waals surface area contributed by atoms with Crippen molar-refractivity contribution in [1.82, 2.24) is 15.1 Å². The van der Waals surface area contributed by atoms with E-state index >= 15 is 0 Å². The Morgan fingerprint density at radius 1 is 1.23 bits per heavy atom. The third-order valence-electron chi connectivity index (χ3n) is 3.76. The summed E-state index contributed by atoms with van der Waals surface area (Å²) in [7, 11) is 0. The van der Waals surface area contributed by atoms with E-state index in [4.69, 9.17) is 4.42 Å². The predicted octanol–water partition coefficient (Wildman–Crippen LogP) is 3.35. The van der Waals surface area contributed by atoms with E-state index < -0.39 is 0 Å². The SMILES string of the molecule is CCN(CC)CCN(CC(C)C)C(=O)NC(C)c1ccco1. The van der Waals surface area contributed by atoms with Gasteiger partial charge in [-0.2, -0.15) is 0 Å². The number of nitrogens with one attached hydrogen (secondary N) is 1. The topological polar surface area (TPSA) is 48.7 Å². The molecule has 126 valence electrons. The van der Waals surface area contributed by atoms with Gasteiger partial charge in [-0.3, -0.25) is 0 Å². The first-order chi connectivity index (χ1) is 10.5. The molecule has 5 heteroatoms. The van der Waals surface area contributed by atoms with E-state index in [1.807, 2.05) is 24.0 Å². The molecule has 0 aliphatic rings. The first-order valence-corrected chi connectivity index (χ1v) is 8.29. The Kier molecular flexibility index (Phi) is 8.02. The van der Waals surface area contributed by atoms with Crippen LogP contribution < -0.4 is 5.32 Å². The molecule has 22 heavy (non-hydrogen) atoms. The summed E-state index contributed by atoms with van der Waals surface area (Å²) < 4.78 is 5.35. The lowest BCUT2D eigenvalue weighted by atomic mass is 10.2. The lowest BCUT2D eigenvalue weighted by Crippen LogP contribution is -2.46. The Morgan fingerprint density at radius 2 is 1.91 bits per heavy atom. The Morgan fingerprint density at radius 3 is 2.41 bits per heavy atom. The van der Waals surface area contributed by atoms with Crippen LogP contribution in [0.1, 0.15) is 46.4 Å². The van der Waals surface area contributed by atoms with E-state index in [1.165, 1.54) is 0 Å². The summed E-state index contributed by atoms with van der Waals surface area (Å²) in [5.74, 6) is 1.22. The average molecular weight is 309 g/mol. The average Bonchev–Trinajstić information content (AvgIpc) is 3.00. The van der Waals surface area contributed by atoms with Gasteiger partial charge >= 0.3 is 6.03 Å². The maximum absolute atomic E-state index is 12.5. The van der Waals surface area contributed by atoms with Crippen LogP contribution in [-0.4, -0.2) is 48.6 Å². The van der Waals surface area contributed by atoms with Crippen LogP contribution in [0.15, 0.2) is 22.8 Å². The van der Waals surface area contributed by atoms with Gasteiger partial charge in [-0.05, 0) is 38.1 Å². The molecule has 1 atom stereocenters. The summed E-state index contributed by atoms with van der Waals surface area (Å²) in [6, 6.07) is 3.58. The first kappa shape index (κ1) is 18.6. The van der Waals surface area contributed by atoms with Gasteiger partial charge in [0.2, 0.25) is 0 Å². The van der Waals surface area contributed by atoms with Gasteiger partial charge < -0.3 is 19.5 Å². The van der Waals surface area contributed by atoms with Gasteiger partial charge in [-0.1, -0.05) is 27.7 Å². The van der Waals surface area contributed by atoms with Gasteiger partial charge in [-0.15, -0.1) is 0 Å². The highest BCUT2D eigenvalue weighted by molar-refractivity contribution is 5.74. The third-order valence-corrected chi connectivity index (χ3v) is 3.76. The molecule has 1 unspecified atom stereocenters. The molecule has 1 aromatic heterocycles. The molecular formula is C17H31N3O2. The van der Waals surface area contributed by atoms with Crippen LogP contribution in [0.4, 0.5) is 4.79 Å². The van der Waals surface area contributed by atoms with Gasteiger partial charge in [-0.25, -0.2) is 4.79 Å². The molecule has 0 saturated carbocycles. The van der Waals surface area contributed by atoms with Gasteiger partial charge in [0, 0.05) is 19.6 Å². The number of furan rings is 1. The number of hydrogen-bond acceptors (Lipinski definition) is 3.